The van der Waals surface area contributed by atoms with Gasteiger partial charge in [-0.05, 0) is 26.0 Å². The predicted octanol–water partition coefficient (Wildman–Crippen LogP) is 1.28. The molecule has 0 amide bonds. The molecule has 2 heterocycles. The third-order valence-corrected chi connectivity index (χ3v) is 2.30. The summed E-state index contributed by atoms with van der Waals surface area (Å²) in [4.78, 5) is 8.23. The van der Waals surface area contributed by atoms with Crippen LogP contribution in [0.1, 0.15) is 13.8 Å². The van der Waals surface area contributed by atoms with E-state index in [-0.39, 0.29) is 5.54 Å². The van der Waals surface area contributed by atoms with Crippen LogP contribution >= 0.6 is 0 Å². The molecule has 0 saturated heterocycles. The van der Waals surface area contributed by atoms with Crippen LogP contribution in [0, 0.1) is 0 Å². The lowest BCUT2D eigenvalue weighted by atomic mass is 10.1. The topological polar surface area (TPSA) is 89.9 Å². The molecular formula is C11H15N5O. The number of pyridine rings is 1. The first-order chi connectivity index (χ1) is 8.11. The molecule has 0 aliphatic rings. The van der Waals surface area contributed by atoms with Crippen molar-refractivity contribution in [3.63, 3.8) is 0 Å². The summed E-state index contributed by atoms with van der Waals surface area (Å²) in [5.74, 6) is 0.508. The molecule has 90 valence electrons. The molecule has 0 fully saturated rings. The van der Waals surface area contributed by atoms with Crippen molar-refractivity contribution in [2.24, 2.45) is 5.73 Å². The quantitative estimate of drug-likeness (QED) is 0.826. The summed E-state index contributed by atoms with van der Waals surface area (Å²) >= 11 is 0. The van der Waals surface area contributed by atoms with Crippen molar-refractivity contribution < 1.29 is 4.52 Å². The normalized spacial score (nSPS) is 11.5. The molecule has 0 aliphatic carbocycles. The molecule has 0 saturated carbocycles. The molecule has 17 heavy (non-hydrogen) atoms. The molecular weight excluding hydrogens is 218 g/mol. The van der Waals surface area contributed by atoms with E-state index in [4.69, 9.17) is 10.3 Å². The van der Waals surface area contributed by atoms with Gasteiger partial charge in [0.2, 0.25) is 5.82 Å². The maximum Gasteiger partial charge on any atom is 0.322 e. The van der Waals surface area contributed by atoms with E-state index in [9.17, 15) is 0 Å². The monoisotopic (exact) mass is 233 g/mol. The minimum absolute atomic E-state index is 0.279. The molecule has 0 spiro atoms. The number of anilines is 1. The van der Waals surface area contributed by atoms with Crippen molar-refractivity contribution in [3.05, 3.63) is 24.5 Å². The predicted molar refractivity (Wildman–Crippen MR) is 64.3 cm³/mol. The highest BCUT2D eigenvalue weighted by Gasteiger charge is 2.18. The van der Waals surface area contributed by atoms with Crippen molar-refractivity contribution in [1.82, 2.24) is 15.1 Å². The molecule has 0 aromatic carbocycles. The van der Waals surface area contributed by atoms with Crippen LogP contribution in [0.4, 0.5) is 6.01 Å². The van der Waals surface area contributed by atoms with E-state index in [0.29, 0.717) is 18.4 Å². The van der Waals surface area contributed by atoms with Crippen molar-refractivity contribution in [1.29, 1.82) is 0 Å². The Hall–Kier alpha value is -1.95. The highest BCUT2D eigenvalue weighted by molar-refractivity contribution is 5.53. The lowest BCUT2D eigenvalue weighted by molar-refractivity contribution is 0.417. The SMILES string of the molecule is CC(C)(CN)Nc1nc(-c2cccnc2)no1. The summed E-state index contributed by atoms with van der Waals surface area (Å²) in [6.07, 6.45) is 3.38. The third kappa shape index (κ3) is 2.79. The summed E-state index contributed by atoms with van der Waals surface area (Å²) < 4.78 is 5.10. The lowest BCUT2D eigenvalue weighted by Crippen LogP contribution is -2.39. The smallest absolute Gasteiger partial charge is 0.322 e. The highest BCUT2D eigenvalue weighted by Crippen LogP contribution is 2.18. The zero-order valence-corrected chi connectivity index (χ0v) is 9.84. The minimum atomic E-state index is -0.279. The maximum absolute atomic E-state index is 5.61. The first-order valence-electron chi connectivity index (χ1n) is 5.33. The van der Waals surface area contributed by atoms with Crippen LogP contribution in [-0.2, 0) is 0 Å². The molecule has 2 aromatic rings. The average molecular weight is 233 g/mol. The van der Waals surface area contributed by atoms with Gasteiger partial charge in [0.25, 0.3) is 0 Å². The van der Waals surface area contributed by atoms with E-state index >= 15 is 0 Å². The number of nitrogens with one attached hydrogen (secondary N) is 1. The van der Waals surface area contributed by atoms with E-state index in [1.807, 2.05) is 26.0 Å². The number of nitrogens with two attached hydrogens (primary N) is 1. The van der Waals surface area contributed by atoms with E-state index < -0.39 is 0 Å². The van der Waals surface area contributed by atoms with Crippen molar-refractivity contribution >= 4 is 6.01 Å². The molecule has 0 aliphatic heterocycles. The Bertz CT molecular complexity index is 480. The summed E-state index contributed by atoms with van der Waals surface area (Å²) in [5.41, 5.74) is 6.15. The molecule has 6 nitrogen and oxygen atoms in total. The van der Waals surface area contributed by atoms with Gasteiger partial charge in [-0.3, -0.25) is 4.98 Å². The van der Waals surface area contributed by atoms with Crippen LogP contribution in [0.3, 0.4) is 0 Å². The molecule has 3 N–H and O–H groups in total. The largest absolute Gasteiger partial charge is 0.332 e. The number of hydrogen-bond acceptors (Lipinski definition) is 6. The number of nitrogens with zero attached hydrogens (tertiary/aromatic N) is 3. The molecule has 0 bridgehead atoms. The van der Waals surface area contributed by atoms with Crippen LogP contribution in [-0.4, -0.2) is 27.2 Å². The zero-order chi connectivity index (χ0) is 12.3. The number of rotatable bonds is 4. The zero-order valence-electron chi connectivity index (χ0n) is 9.84. The van der Waals surface area contributed by atoms with Gasteiger partial charge >= 0.3 is 6.01 Å². The molecule has 2 rings (SSSR count). The fourth-order valence-corrected chi connectivity index (χ4v) is 1.23. The van der Waals surface area contributed by atoms with Gasteiger partial charge in [0.15, 0.2) is 0 Å². The summed E-state index contributed by atoms with van der Waals surface area (Å²) in [7, 11) is 0. The lowest BCUT2D eigenvalue weighted by Gasteiger charge is -2.22. The first-order valence-corrected chi connectivity index (χ1v) is 5.33. The standard InChI is InChI=1S/C11H15N5O/c1-11(2,7-12)15-10-14-9(16-17-10)8-4-3-5-13-6-8/h3-6H,7,12H2,1-2H3,(H,14,15,16). The van der Waals surface area contributed by atoms with E-state index in [1.165, 1.54) is 0 Å². The Kier molecular flexibility index (Phi) is 3.06. The average Bonchev–Trinajstić information content (AvgIpc) is 2.78. The fraction of sp³-hybridized carbons (Fsp3) is 0.364. The second-order valence-corrected chi connectivity index (χ2v) is 4.38. The summed E-state index contributed by atoms with van der Waals surface area (Å²) in [6, 6.07) is 4.05. The Balaban J connectivity index is 2.17. The Morgan fingerprint density at radius 3 is 2.94 bits per heavy atom. The maximum atomic E-state index is 5.61. The van der Waals surface area contributed by atoms with Crippen LogP contribution in [0.5, 0.6) is 0 Å². The van der Waals surface area contributed by atoms with Crippen LogP contribution < -0.4 is 11.1 Å². The van der Waals surface area contributed by atoms with Gasteiger partial charge in [0.1, 0.15) is 0 Å². The molecule has 0 atom stereocenters. The van der Waals surface area contributed by atoms with Gasteiger partial charge < -0.3 is 15.6 Å². The Morgan fingerprint density at radius 1 is 1.47 bits per heavy atom. The third-order valence-electron chi connectivity index (χ3n) is 2.30. The van der Waals surface area contributed by atoms with Crippen molar-refractivity contribution in [2.45, 2.75) is 19.4 Å². The van der Waals surface area contributed by atoms with Gasteiger partial charge in [0.05, 0.1) is 0 Å². The summed E-state index contributed by atoms with van der Waals surface area (Å²) in [5, 5.41) is 6.95. The number of hydrogen-bond donors (Lipinski definition) is 2. The van der Waals surface area contributed by atoms with E-state index in [1.54, 1.807) is 12.4 Å². The van der Waals surface area contributed by atoms with Gasteiger partial charge in [-0.15, -0.1) is 0 Å². The second kappa shape index (κ2) is 4.50. The van der Waals surface area contributed by atoms with Gasteiger partial charge in [-0.1, -0.05) is 5.16 Å². The Labute approximate surface area is 99.2 Å². The van der Waals surface area contributed by atoms with Crippen LogP contribution in [0.2, 0.25) is 0 Å². The van der Waals surface area contributed by atoms with E-state index in [0.717, 1.165) is 5.56 Å². The fourth-order valence-electron chi connectivity index (χ4n) is 1.23. The Morgan fingerprint density at radius 2 is 2.29 bits per heavy atom. The second-order valence-electron chi connectivity index (χ2n) is 4.38. The number of aromatic nitrogens is 3. The van der Waals surface area contributed by atoms with Gasteiger partial charge in [0, 0.05) is 30.0 Å². The molecule has 6 heteroatoms. The van der Waals surface area contributed by atoms with Crippen LogP contribution in [0.25, 0.3) is 11.4 Å². The van der Waals surface area contributed by atoms with Crippen LogP contribution in [0.15, 0.2) is 29.0 Å². The highest BCUT2D eigenvalue weighted by atomic mass is 16.5. The minimum Gasteiger partial charge on any atom is -0.332 e. The van der Waals surface area contributed by atoms with Crippen molar-refractivity contribution in [2.75, 3.05) is 11.9 Å². The first kappa shape index (κ1) is 11.5. The van der Waals surface area contributed by atoms with Crippen molar-refractivity contribution in [3.8, 4) is 11.4 Å². The molecule has 0 radical (unpaired) electrons. The molecule has 2 aromatic heterocycles. The molecule has 0 unspecified atom stereocenters. The van der Waals surface area contributed by atoms with Gasteiger partial charge in [-0.25, -0.2) is 0 Å². The summed E-state index contributed by atoms with van der Waals surface area (Å²) in [6.45, 7) is 4.39. The van der Waals surface area contributed by atoms with Gasteiger partial charge in [-0.2, -0.15) is 4.98 Å². The van der Waals surface area contributed by atoms with E-state index in [2.05, 4.69) is 20.4 Å².